The van der Waals surface area contributed by atoms with Gasteiger partial charge in [-0.1, -0.05) is 0 Å². The Morgan fingerprint density at radius 3 is 2.56 bits per heavy atom. The fraction of sp³-hybridized carbons (Fsp3) is 0.545. The molecule has 0 saturated carbocycles. The van der Waals surface area contributed by atoms with E-state index in [0.29, 0.717) is 13.1 Å². The van der Waals surface area contributed by atoms with Crippen molar-refractivity contribution in [3.8, 4) is 0 Å². The number of hydrogen-bond acceptors (Lipinski definition) is 4. The second-order valence-electron chi connectivity index (χ2n) is 4.34. The normalized spacial score (nSPS) is 11.2. The number of carbonyl (C=O) groups is 1. The third-order valence-corrected chi connectivity index (χ3v) is 2.30. The predicted molar refractivity (Wildman–Crippen MR) is 61.6 cm³/mol. The van der Waals surface area contributed by atoms with Crippen molar-refractivity contribution in [2.75, 3.05) is 13.6 Å². The van der Waals surface area contributed by atoms with Crippen LogP contribution in [0.5, 0.6) is 0 Å². The molecule has 1 aromatic heterocycles. The number of aromatic nitrogens is 2. The second kappa shape index (κ2) is 5.55. The molecule has 0 aliphatic carbocycles. The van der Waals surface area contributed by atoms with Crippen LogP contribution >= 0.6 is 0 Å². The third-order valence-electron chi connectivity index (χ3n) is 2.30. The quantitative estimate of drug-likeness (QED) is 0.754. The topological polar surface area (TPSA) is 66.9 Å². The van der Waals surface area contributed by atoms with E-state index in [2.05, 4.69) is 20.6 Å². The van der Waals surface area contributed by atoms with Crippen LogP contribution in [-0.4, -0.2) is 29.5 Å². The SMILES string of the molecule is CNCC(C)(C)C(=O)NCc1cncnc1. The van der Waals surface area contributed by atoms with Gasteiger partial charge in [-0.2, -0.15) is 0 Å². The standard InChI is InChI=1S/C11H18N4O/c1-11(2,7-12-3)10(16)15-6-9-4-13-8-14-5-9/h4-5,8,12H,6-7H2,1-3H3,(H,15,16). The molecular weight excluding hydrogens is 204 g/mol. The van der Waals surface area contributed by atoms with E-state index in [4.69, 9.17) is 0 Å². The number of nitrogens with one attached hydrogen (secondary N) is 2. The molecule has 88 valence electrons. The van der Waals surface area contributed by atoms with E-state index in [1.165, 1.54) is 6.33 Å². The fourth-order valence-electron chi connectivity index (χ4n) is 1.37. The Morgan fingerprint density at radius 2 is 2.00 bits per heavy atom. The predicted octanol–water partition coefficient (Wildman–Crippen LogP) is 0.338. The zero-order chi connectivity index (χ0) is 12.0. The monoisotopic (exact) mass is 222 g/mol. The van der Waals surface area contributed by atoms with Gasteiger partial charge in [-0.25, -0.2) is 9.97 Å². The first-order chi connectivity index (χ1) is 7.56. The maximum atomic E-state index is 11.8. The van der Waals surface area contributed by atoms with Crippen LogP contribution in [0.4, 0.5) is 0 Å². The van der Waals surface area contributed by atoms with Crippen molar-refractivity contribution >= 4 is 5.91 Å². The molecule has 1 aromatic rings. The summed E-state index contributed by atoms with van der Waals surface area (Å²) in [7, 11) is 1.83. The Bertz CT molecular complexity index is 337. The molecule has 0 aromatic carbocycles. The first kappa shape index (κ1) is 12.6. The molecule has 0 atom stereocenters. The van der Waals surface area contributed by atoms with E-state index < -0.39 is 5.41 Å². The first-order valence-electron chi connectivity index (χ1n) is 5.23. The van der Waals surface area contributed by atoms with Crippen molar-refractivity contribution in [1.82, 2.24) is 20.6 Å². The molecule has 0 unspecified atom stereocenters. The fourth-order valence-corrected chi connectivity index (χ4v) is 1.37. The minimum Gasteiger partial charge on any atom is -0.351 e. The van der Waals surface area contributed by atoms with Gasteiger partial charge in [0.05, 0.1) is 5.41 Å². The van der Waals surface area contributed by atoms with E-state index in [-0.39, 0.29) is 5.91 Å². The lowest BCUT2D eigenvalue weighted by atomic mass is 9.92. The van der Waals surface area contributed by atoms with Crippen LogP contribution in [-0.2, 0) is 11.3 Å². The van der Waals surface area contributed by atoms with E-state index in [9.17, 15) is 4.79 Å². The molecular formula is C11H18N4O. The second-order valence-corrected chi connectivity index (χ2v) is 4.34. The van der Waals surface area contributed by atoms with Crippen molar-refractivity contribution in [3.05, 3.63) is 24.3 Å². The Hall–Kier alpha value is -1.49. The Kier molecular flexibility index (Phi) is 4.37. The van der Waals surface area contributed by atoms with Gasteiger partial charge < -0.3 is 10.6 Å². The largest absolute Gasteiger partial charge is 0.351 e. The highest BCUT2D eigenvalue weighted by molar-refractivity contribution is 5.82. The van der Waals surface area contributed by atoms with E-state index in [0.717, 1.165) is 5.56 Å². The van der Waals surface area contributed by atoms with Crippen LogP contribution in [0.1, 0.15) is 19.4 Å². The summed E-state index contributed by atoms with van der Waals surface area (Å²) >= 11 is 0. The van der Waals surface area contributed by atoms with Crippen LogP contribution in [0.15, 0.2) is 18.7 Å². The van der Waals surface area contributed by atoms with Crippen LogP contribution in [0.2, 0.25) is 0 Å². The summed E-state index contributed by atoms with van der Waals surface area (Å²) in [4.78, 5) is 19.6. The smallest absolute Gasteiger partial charge is 0.227 e. The number of hydrogen-bond donors (Lipinski definition) is 2. The zero-order valence-corrected chi connectivity index (χ0v) is 9.95. The minimum absolute atomic E-state index is 0.0192. The van der Waals surface area contributed by atoms with Gasteiger partial charge >= 0.3 is 0 Å². The van der Waals surface area contributed by atoms with E-state index >= 15 is 0 Å². The van der Waals surface area contributed by atoms with Gasteiger partial charge in [-0.05, 0) is 20.9 Å². The first-order valence-corrected chi connectivity index (χ1v) is 5.23. The summed E-state index contributed by atoms with van der Waals surface area (Å²) in [6, 6.07) is 0. The summed E-state index contributed by atoms with van der Waals surface area (Å²) in [6.45, 7) is 4.91. The van der Waals surface area contributed by atoms with Gasteiger partial charge in [0, 0.05) is 31.0 Å². The Labute approximate surface area is 95.7 Å². The zero-order valence-electron chi connectivity index (χ0n) is 9.95. The molecule has 0 saturated heterocycles. The lowest BCUT2D eigenvalue weighted by molar-refractivity contribution is -0.129. The summed E-state index contributed by atoms with van der Waals surface area (Å²) in [6.07, 6.45) is 4.85. The molecule has 5 nitrogen and oxygen atoms in total. The van der Waals surface area contributed by atoms with E-state index in [1.807, 2.05) is 20.9 Å². The molecule has 1 rings (SSSR count). The average molecular weight is 222 g/mol. The maximum absolute atomic E-state index is 11.8. The molecule has 5 heteroatoms. The maximum Gasteiger partial charge on any atom is 0.227 e. The number of nitrogens with zero attached hydrogens (tertiary/aromatic N) is 2. The number of carbonyl (C=O) groups excluding carboxylic acids is 1. The van der Waals surface area contributed by atoms with Crippen LogP contribution < -0.4 is 10.6 Å². The molecule has 0 bridgehead atoms. The van der Waals surface area contributed by atoms with Gasteiger partial charge in [-0.3, -0.25) is 4.79 Å². The minimum atomic E-state index is -0.412. The van der Waals surface area contributed by atoms with Gasteiger partial charge in [0.2, 0.25) is 5.91 Å². The summed E-state index contributed by atoms with van der Waals surface area (Å²) in [5.74, 6) is 0.0192. The molecule has 0 aliphatic heterocycles. The van der Waals surface area contributed by atoms with Crippen molar-refractivity contribution in [2.24, 2.45) is 5.41 Å². The van der Waals surface area contributed by atoms with Crippen molar-refractivity contribution in [1.29, 1.82) is 0 Å². The third kappa shape index (κ3) is 3.58. The highest BCUT2D eigenvalue weighted by atomic mass is 16.2. The Morgan fingerprint density at radius 1 is 1.38 bits per heavy atom. The average Bonchev–Trinajstić information content (AvgIpc) is 2.27. The van der Waals surface area contributed by atoms with Gasteiger partial charge in [0.15, 0.2) is 0 Å². The molecule has 16 heavy (non-hydrogen) atoms. The number of rotatable bonds is 5. The lowest BCUT2D eigenvalue weighted by Gasteiger charge is -2.22. The van der Waals surface area contributed by atoms with Gasteiger partial charge in [-0.15, -0.1) is 0 Å². The summed E-state index contributed by atoms with van der Waals surface area (Å²) in [5, 5.41) is 5.87. The van der Waals surface area contributed by atoms with Crippen LogP contribution in [0, 0.1) is 5.41 Å². The molecule has 0 spiro atoms. The molecule has 0 aliphatic rings. The van der Waals surface area contributed by atoms with Gasteiger partial charge in [0.25, 0.3) is 0 Å². The van der Waals surface area contributed by atoms with Crippen LogP contribution in [0.3, 0.4) is 0 Å². The molecule has 0 fully saturated rings. The van der Waals surface area contributed by atoms with Crippen molar-refractivity contribution < 1.29 is 4.79 Å². The highest BCUT2D eigenvalue weighted by Gasteiger charge is 2.26. The van der Waals surface area contributed by atoms with Crippen LogP contribution in [0.25, 0.3) is 0 Å². The highest BCUT2D eigenvalue weighted by Crippen LogP contribution is 2.13. The molecule has 1 amide bonds. The molecule has 1 heterocycles. The summed E-state index contributed by atoms with van der Waals surface area (Å²) < 4.78 is 0. The number of amides is 1. The van der Waals surface area contributed by atoms with Crippen molar-refractivity contribution in [2.45, 2.75) is 20.4 Å². The Balaban J connectivity index is 2.47. The van der Waals surface area contributed by atoms with E-state index in [1.54, 1.807) is 12.4 Å². The summed E-state index contributed by atoms with van der Waals surface area (Å²) in [5.41, 5.74) is 0.487. The molecule has 0 radical (unpaired) electrons. The van der Waals surface area contributed by atoms with Gasteiger partial charge in [0.1, 0.15) is 6.33 Å². The van der Waals surface area contributed by atoms with Crippen molar-refractivity contribution in [3.63, 3.8) is 0 Å². The lowest BCUT2D eigenvalue weighted by Crippen LogP contribution is -2.42. The molecule has 2 N–H and O–H groups in total.